The predicted molar refractivity (Wildman–Crippen MR) is 161 cm³/mol. The maximum atomic E-state index is 12.6. The SMILES string of the molecule is COC(=O)C(Cc1ccc(OCC(O)CF)cc1)NC[C@@H](C(C)C)n1cc(COc2ccc3nc(S(N)(=O)=O)sc3c2)nn1. The molecule has 0 spiro atoms. The number of primary sulfonamides is 1. The lowest BCUT2D eigenvalue weighted by Crippen LogP contribution is -2.43. The molecule has 0 aliphatic rings. The van der Waals surface area contributed by atoms with Crippen molar-refractivity contribution in [3.05, 3.63) is 59.9 Å². The molecule has 4 N–H and O–H groups in total. The van der Waals surface area contributed by atoms with Crippen molar-refractivity contribution in [3.63, 3.8) is 0 Å². The molecule has 0 saturated heterocycles. The van der Waals surface area contributed by atoms with Crippen LogP contribution in [0.2, 0.25) is 0 Å². The molecule has 0 radical (unpaired) electrons. The lowest BCUT2D eigenvalue weighted by molar-refractivity contribution is -0.143. The number of aliphatic hydroxyl groups excluding tert-OH is 1. The smallest absolute Gasteiger partial charge is 0.323 e. The standard InChI is InChI=1S/C28H35FN6O7S2/c1-17(2)25(13-31-24(27(37)40-3)10-18-4-6-21(7-5-18)42-16-20(36)12-29)35-14-19(33-34-35)15-41-22-8-9-23-26(11-22)43-28(32-23)44(30,38)39/h4-9,11,14,17,20,24-25,31,36H,10,12-13,15-16H2,1-3H3,(H2,30,38,39)/t20?,24?,25-/m0/s1. The number of ether oxygens (including phenoxy) is 3. The third-order valence-electron chi connectivity index (χ3n) is 6.68. The molecule has 0 bridgehead atoms. The third kappa shape index (κ3) is 8.92. The summed E-state index contributed by atoms with van der Waals surface area (Å²) in [5.74, 6) is 0.710. The van der Waals surface area contributed by atoms with E-state index in [2.05, 4.69) is 20.6 Å². The van der Waals surface area contributed by atoms with Crippen LogP contribution in [0.1, 0.15) is 31.1 Å². The third-order valence-corrected chi connectivity index (χ3v) is 9.02. The van der Waals surface area contributed by atoms with E-state index in [0.717, 1.165) is 16.9 Å². The average molecular weight is 651 g/mol. The van der Waals surface area contributed by atoms with E-state index in [1.165, 1.54) is 7.11 Å². The van der Waals surface area contributed by atoms with Gasteiger partial charge >= 0.3 is 5.97 Å². The fourth-order valence-corrected chi connectivity index (χ4v) is 5.95. The Morgan fingerprint density at radius 2 is 1.89 bits per heavy atom. The number of aliphatic hydroxyl groups is 1. The minimum atomic E-state index is -3.89. The Balaban J connectivity index is 1.36. The van der Waals surface area contributed by atoms with E-state index in [1.54, 1.807) is 53.3 Å². The minimum Gasteiger partial charge on any atom is -0.491 e. The lowest BCUT2D eigenvalue weighted by atomic mass is 10.0. The Bertz CT molecular complexity index is 1650. The molecule has 4 aromatic rings. The highest BCUT2D eigenvalue weighted by Gasteiger charge is 2.24. The Kier molecular flexibility index (Phi) is 11.2. The molecule has 4 rings (SSSR count). The number of methoxy groups -OCH3 is 1. The number of hydrogen-bond donors (Lipinski definition) is 3. The number of nitrogens with one attached hydrogen (secondary N) is 1. The van der Waals surface area contributed by atoms with Gasteiger partial charge in [0.15, 0.2) is 0 Å². The molecule has 0 amide bonds. The molecule has 0 aliphatic heterocycles. The molecule has 16 heteroatoms. The largest absolute Gasteiger partial charge is 0.491 e. The summed E-state index contributed by atoms with van der Waals surface area (Å²) in [6, 6.07) is 11.2. The number of thiazole rings is 1. The topological polar surface area (TPSA) is 181 Å². The van der Waals surface area contributed by atoms with Gasteiger partial charge in [0.25, 0.3) is 10.0 Å². The first kappa shape index (κ1) is 33.2. The van der Waals surface area contributed by atoms with Gasteiger partial charge in [-0.2, -0.15) is 0 Å². The minimum absolute atomic E-state index is 0.127. The number of carbonyl (C=O) groups excluding carboxylic acids is 1. The normalized spacial score (nSPS) is 14.0. The molecule has 2 aromatic heterocycles. The zero-order valence-corrected chi connectivity index (χ0v) is 26.1. The van der Waals surface area contributed by atoms with Crippen LogP contribution in [0.3, 0.4) is 0 Å². The molecule has 2 unspecified atom stereocenters. The maximum absolute atomic E-state index is 12.6. The van der Waals surface area contributed by atoms with Gasteiger partial charge in [-0.25, -0.2) is 27.6 Å². The molecule has 2 heterocycles. The number of halogens is 1. The number of benzene rings is 2. The fraction of sp³-hybridized carbons (Fsp3) is 0.429. The van der Waals surface area contributed by atoms with Crippen molar-refractivity contribution in [1.82, 2.24) is 25.3 Å². The van der Waals surface area contributed by atoms with Gasteiger partial charge in [0.05, 0.1) is 29.6 Å². The van der Waals surface area contributed by atoms with Gasteiger partial charge in [-0.05, 0) is 48.2 Å². The zero-order chi connectivity index (χ0) is 31.9. The highest BCUT2D eigenvalue weighted by atomic mass is 32.2. The van der Waals surface area contributed by atoms with Gasteiger partial charge < -0.3 is 24.6 Å². The number of nitrogens with two attached hydrogens (primary N) is 1. The van der Waals surface area contributed by atoms with E-state index >= 15 is 0 Å². The molecular weight excluding hydrogens is 615 g/mol. The number of rotatable bonds is 16. The van der Waals surface area contributed by atoms with Crippen LogP contribution < -0.4 is 19.9 Å². The van der Waals surface area contributed by atoms with E-state index < -0.39 is 34.8 Å². The van der Waals surface area contributed by atoms with Crippen molar-refractivity contribution in [2.75, 3.05) is 26.9 Å². The van der Waals surface area contributed by atoms with Crippen molar-refractivity contribution in [2.45, 2.75) is 49.4 Å². The predicted octanol–water partition coefficient (Wildman–Crippen LogP) is 2.39. The summed E-state index contributed by atoms with van der Waals surface area (Å²) in [6.07, 6.45) is 0.951. The first-order chi connectivity index (χ1) is 21.0. The molecule has 2 aromatic carbocycles. The summed E-state index contributed by atoms with van der Waals surface area (Å²) in [7, 11) is -2.56. The van der Waals surface area contributed by atoms with Crippen molar-refractivity contribution in [1.29, 1.82) is 0 Å². The summed E-state index contributed by atoms with van der Waals surface area (Å²) in [6.45, 7) is 3.57. The van der Waals surface area contributed by atoms with Gasteiger partial charge in [0, 0.05) is 6.54 Å². The van der Waals surface area contributed by atoms with Gasteiger partial charge in [-0.15, -0.1) is 16.4 Å². The van der Waals surface area contributed by atoms with Crippen molar-refractivity contribution >= 4 is 37.5 Å². The molecule has 3 atom stereocenters. The summed E-state index contributed by atoms with van der Waals surface area (Å²) in [5.41, 5.74) is 1.94. The number of esters is 1. The van der Waals surface area contributed by atoms with Crippen molar-refractivity contribution in [2.24, 2.45) is 11.1 Å². The van der Waals surface area contributed by atoms with E-state index in [-0.39, 0.29) is 29.5 Å². The number of nitrogens with zero attached hydrogens (tertiary/aromatic N) is 4. The number of aromatic nitrogens is 4. The summed E-state index contributed by atoms with van der Waals surface area (Å²) in [4.78, 5) is 16.6. The number of carbonyl (C=O) groups is 1. The van der Waals surface area contributed by atoms with Crippen LogP contribution in [-0.2, 0) is 32.6 Å². The number of hydrogen-bond acceptors (Lipinski definition) is 12. The van der Waals surface area contributed by atoms with Crippen LogP contribution in [0.4, 0.5) is 4.39 Å². The Hall–Kier alpha value is -3.70. The van der Waals surface area contributed by atoms with Crippen LogP contribution in [0.15, 0.2) is 53.0 Å². The monoisotopic (exact) mass is 650 g/mol. The van der Waals surface area contributed by atoms with Crippen LogP contribution in [-0.4, -0.2) is 78.6 Å². The number of sulfonamides is 1. The quantitative estimate of drug-likeness (QED) is 0.152. The van der Waals surface area contributed by atoms with Crippen molar-refractivity contribution < 1.29 is 36.9 Å². The fourth-order valence-electron chi connectivity index (χ4n) is 4.27. The number of alkyl halides is 1. The molecule has 13 nitrogen and oxygen atoms in total. The van der Waals surface area contributed by atoms with Gasteiger partial charge in [0.2, 0.25) is 4.34 Å². The lowest BCUT2D eigenvalue weighted by Gasteiger charge is -2.24. The van der Waals surface area contributed by atoms with E-state index in [0.29, 0.717) is 40.4 Å². The van der Waals surface area contributed by atoms with Gasteiger partial charge in [-0.3, -0.25) is 4.79 Å². The second-order valence-corrected chi connectivity index (χ2v) is 13.2. The van der Waals surface area contributed by atoms with Gasteiger partial charge in [-0.1, -0.05) is 31.2 Å². The van der Waals surface area contributed by atoms with Gasteiger partial charge in [0.1, 0.15) is 49.2 Å². The van der Waals surface area contributed by atoms with Crippen LogP contribution >= 0.6 is 11.3 Å². The molecule has 44 heavy (non-hydrogen) atoms. The second kappa shape index (κ2) is 14.9. The Labute approximate surface area is 258 Å². The first-order valence-corrected chi connectivity index (χ1v) is 16.1. The summed E-state index contributed by atoms with van der Waals surface area (Å²) in [5, 5.41) is 26.3. The molecular formula is C28H35FN6O7S2. The first-order valence-electron chi connectivity index (χ1n) is 13.7. The molecule has 0 aliphatic carbocycles. The Morgan fingerprint density at radius 1 is 1.16 bits per heavy atom. The second-order valence-electron chi connectivity index (χ2n) is 10.4. The average Bonchev–Trinajstić information content (AvgIpc) is 3.65. The summed E-state index contributed by atoms with van der Waals surface area (Å²) >= 11 is 0.966. The highest BCUT2D eigenvalue weighted by molar-refractivity contribution is 7.91. The van der Waals surface area contributed by atoms with E-state index in [1.807, 2.05) is 13.8 Å². The van der Waals surface area contributed by atoms with Crippen LogP contribution in [0, 0.1) is 5.92 Å². The van der Waals surface area contributed by atoms with Crippen molar-refractivity contribution in [3.8, 4) is 11.5 Å². The summed E-state index contributed by atoms with van der Waals surface area (Å²) < 4.78 is 54.1. The number of fused-ring (bicyclic) bond motifs is 1. The molecule has 0 saturated carbocycles. The molecule has 0 fully saturated rings. The van der Waals surface area contributed by atoms with E-state index in [9.17, 15) is 22.7 Å². The Morgan fingerprint density at radius 3 is 2.55 bits per heavy atom. The zero-order valence-electron chi connectivity index (χ0n) is 24.4. The highest BCUT2D eigenvalue weighted by Crippen LogP contribution is 2.28. The van der Waals surface area contributed by atoms with Crippen LogP contribution in [0.5, 0.6) is 11.5 Å². The molecule has 238 valence electrons. The van der Waals surface area contributed by atoms with Crippen LogP contribution in [0.25, 0.3) is 10.2 Å². The maximum Gasteiger partial charge on any atom is 0.323 e. The van der Waals surface area contributed by atoms with E-state index in [4.69, 9.17) is 19.3 Å².